The van der Waals surface area contributed by atoms with Crippen molar-refractivity contribution in [3.63, 3.8) is 0 Å². The molecule has 0 fully saturated rings. The molecule has 0 spiro atoms. The van der Waals surface area contributed by atoms with E-state index in [4.69, 9.17) is 11.6 Å². The molecule has 0 aliphatic heterocycles. The Bertz CT molecular complexity index is 496. The maximum Gasteiger partial charge on any atom is 0.118 e. The Morgan fingerprint density at radius 2 is 2.12 bits per heavy atom. The van der Waals surface area contributed by atoms with Crippen LogP contribution < -0.4 is 5.32 Å². The fraction of sp³-hybridized carbons (Fsp3) is 0.167. The zero-order chi connectivity index (χ0) is 11.5. The minimum atomic E-state index is 0.324. The van der Waals surface area contributed by atoms with E-state index in [1.54, 1.807) is 17.4 Å². The van der Waals surface area contributed by atoms with Gasteiger partial charge in [-0.05, 0) is 42.8 Å². The molecule has 2 aromatic rings. The average Bonchev–Trinajstić information content (AvgIpc) is 2.66. The Morgan fingerprint density at radius 1 is 1.31 bits per heavy atom. The van der Waals surface area contributed by atoms with Crippen LogP contribution in [0.1, 0.15) is 10.4 Å². The third-order valence-corrected chi connectivity index (χ3v) is 3.52. The second kappa shape index (κ2) is 4.76. The molecular formula is C12H12ClNOS. The molecule has 1 aromatic carbocycles. The number of hydrogen-bond donors (Lipinski definition) is 2. The number of benzene rings is 1. The van der Waals surface area contributed by atoms with Gasteiger partial charge in [-0.15, -0.1) is 11.3 Å². The summed E-state index contributed by atoms with van der Waals surface area (Å²) in [5, 5.41) is 12.7. The molecule has 0 aliphatic carbocycles. The van der Waals surface area contributed by atoms with Crippen LogP contribution >= 0.6 is 22.9 Å². The number of halogens is 1. The number of thiophene rings is 1. The number of phenolic OH excluding ortho intramolecular Hbond substituents is 1. The highest BCUT2D eigenvalue weighted by Gasteiger charge is 2.00. The summed E-state index contributed by atoms with van der Waals surface area (Å²) in [6.45, 7) is 2.63. The molecular weight excluding hydrogens is 242 g/mol. The normalized spacial score (nSPS) is 10.4. The highest BCUT2D eigenvalue weighted by Crippen LogP contribution is 2.24. The summed E-state index contributed by atoms with van der Waals surface area (Å²) in [5.74, 6) is 0.324. The Balaban J connectivity index is 2.02. The summed E-state index contributed by atoms with van der Waals surface area (Å²) >= 11 is 7.41. The molecule has 2 rings (SSSR count). The molecule has 0 amide bonds. The lowest BCUT2D eigenvalue weighted by atomic mass is 10.2. The van der Waals surface area contributed by atoms with Crippen molar-refractivity contribution in [1.82, 2.24) is 0 Å². The summed E-state index contributed by atoms with van der Waals surface area (Å²) in [5.41, 5.74) is 1.87. The molecule has 0 unspecified atom stereocenters. The van der Waals surface area contributed by atoms with Gasteiger partial charge in [0.25, 0.3) is 0 Å². The zero-order valence-electron chi connectivity index (χ0n) is 8.83. The SMILES string of the molecule is Cc1cc(NCc2ccc(Cl)s2)ccc1O. The van der Waals surface area contributed by atoms with Crippen LogP contribution in [0.3, 0.4) is 0 Å². The Morgan fingerprint density at radius 3 is 2.75 bits per heavy atom. The van der Waals surface area contributed by atoms with Gasteiger partial charge in [0.15, 0.2) is 0 Å². The first-order valence-corrected chi connectivity index (χ1v) is 6.12. The van der Waals surface area contributed by atoms with E-state index in [1.807, 2.05) is 31.2 Å². The number of anilines is 1. The summed E-state index contributed by atoms with van der Waals surface area (Å²) < 4.78 is 0.804. The molecule has 0 radical (unpaired) electrons. The van der Waals surface area contributed by atoms with Crippen molar-refractivity contribution < 1.29 is 5.11 Å². The van der Waals surface area contributed by atoms with Gasteiger partial charge < -0.3 is 10.4 Å². The molecule has 2 N–H and O–H groups in total. The van der Waals surface area contributed by atoms with Crippen molar-refractivity contribution in [2.24, 2.45) is 0 Å². The van der Waals surface area contributed by atoms with E-state index in [0.717, 1.165) is 22.1 Å². The molecule has 2 nitrogen and oxygen atoms in total. The van der Waals surface area contributed by atoms with E-state index >= 15 is 0 Å². The number of phenols is 1. The molecule has 1 aromatic heterocycles. The van der Waals surface area contributed by atoms with Crippen LogP contribution in [0.5, 0.6) is 5.75 Å². The third kappa shape index (κ3) is 2.68. The molecule has 0 saturated heterocycles. The molecule has 16 heavy (non-hydrogen) atoms. The van der Waals surface area contributed by atoms with Gasteiger partial charge in [0.05, 0.1) is 4.34 Å². The van der Waals surface area contributed by atoms with Gasteiger partial charge in [-0.3, -0.25) is 0 Å². The summed E-state index contributed by atoms with van der Waals surface area (Å²) in [7, 11) is 0. The fourth-order valence-corrected chi connectivity index (χ4v) is 2.43. The first kappa shape index (κ1) is 11.3. The van der Waals surface area contributed by atoms with Gasteiger partial charge in [-0.25, -0.2) is 0 Å². The lowest BCUT2D eigenvalue weighted by Crippen LogP contribution is -1.97. The first-order valence-electron chi connectivity index (χ1n) is 4.93. The Kier molecular flexibility index (Phi) is 3.36. The van der Waals surface area contributed by atoms with E-state index in [1.165, 1.54) is 4.88 Å². The lowest BCUT2D eigenvalue weighted by Gasteiger charge is -2.06. The van der Waals surface area contributed by atoms with Crippen LogP contribution in [-0.2, 0) is 6.54 Å². The molecule has 4 heteroatoms. The summed E-state index contributed by atoms with van der Waals surface area (Å²) in [6.07, 6.45) is 0. The zero-order valence-corrected chi connectivity index (χ0v) is 10.4. The smallest absolute Gasteiger partial charge is 0.118 e. The van der Waals surface area contributed by atoms with Crippen molar-refractivity contribution in [3.05, 3.63) is 45.1 Å². The van der Waals surface area contributed by atoms with Crippen molar-refractivity contribution in [2.75, 3.05) is 5.32 Å². The van der Waals surface area contributed by atoms with Gasteiger partial charge in [-0.2, -0.15) is 0 Å². The number of hydrogen-bond acceptors (Lipinski definition) is 3. The monoisotopic (exact) mass is 253 g/mol. The highest BCUT2D eigenvalue weighted by atomic mass is 35.5. The summed E-state index contributed by atoms with van der Waals surface area (Å²) in [6, 6.07) is 9.37. The van der Waals surface area contributed by atoms with Gasteiger partial charge in [0, 0.05) is 17.1 Å². The molecule has 0 bridgehead atoms. The quantitative estimate of drug-likeness (QED) is 0.810. The predicted molar refractivity (Wildman–Crippen MR) is 69.5 cm³/mol. The Hall–Kier alpha value is -1.19. The second-order valence-corrected chi connectivity index (χ2v) is 5.36. The number of nitrogens with one attached hydrogen (secondary N) is 1. The minimum Gasteiger partial charge on any atom is -0.508 e. The molecule has 0 atom stereocenters. The largest absolute Gasteiger partial charge is 0.508 e. The van der Waals surface area contributed by atoms with Crippen molar-refractivity contribution in [1.29, 1.82) is 0 Å². The predicted octanol–water partition coefficient (Wildman–Crippen LogP) is 4.03. The van der Waals surface area contributed by atoms with Crippen LogP contribution in [-0.4, -0.2) is 5.11 Å². The maximum absolute atomic E-state index is 9.39. The van der Waals surface area contributed by atoms with Crippen LogP contribution in [0.25, 0.3) is 0 Å². The van der Waals surface area contributed by atoms with Gasteiger partial charge in [0.2, 0.25) is 0 Å². The highest BCUT2D eigenvalue weighted by molar-refractivity contribution is 7.16. The van der Waals surface area contributed by atoms with Crippen LogP contribution in [0.4, 0.5) is 5.69 Å². The standard InChI is InChI=1S/C12H12ClNOS/c1-8-6-9(2-4-11(8)15)14-7-10-3-5-12(13)16-10/h2-6,14-15H,7H2,1H3. The fourth-order valence-electron chi connectivity index (χ4n) is 1.40. The van der Waals surface area contributed by atoms with E-state index in [9.17, 15) is 5.11 Å². The van der Waals surface area contributed by atoms with Gasteiger partial charge in [-0.1, -0.05) is 11.6 Å². The van der Waals surface area contributed by atoms with E-state index in [0.29, 0.717) is 5.75 Å². The van der Waals surface area contributed by atoms with Gasteiger partial charge >= 0.3 is 0 Å². The first-order chi connectivity index (χ1) is 7.65. The molecule has 0 saturated carbocycles. The van der Waals surface area contributed by atoms with Crippen LogP contribution in [0.15, 0.2) is 30.3 Å². The topological polar surface area (TPSA) is 32.3 Å². The van der Waals surface area contributed by atoms with Crippen molar-refractivity contribution in [3.8, 4) is 5.75 Å². The van der Waals surface area contributed by atoms with Crippen LogP contribution in [0.2, 0.25) is 4.34 Å². The average molecular weight is 254 g/mol. The molecule has 1 heterocycles. The Labute approximate surface area is 104 Å². The maximum atomic E-state index is 9.39. The lowest BCUT2D eigenvalue weighted by molar-refractivity contribution is 0.471. The van der Waals surface area contributed by atoms with Crippen molar-refractivity contribution in [2.45, 2.75) is 13.5 Å². The van der Waals surface area contributed by atoms with Crippen molar-refractivity contribution >= 4 is 28.6 Å². The number of aromatic hydroxyl groups is 1. The van der Waals surface area contributed by atoms with Gasteiger partial charge in [0.1, 0.15) is 5.75 Å². The molecule has 0 aliphatic rings. The van der Waals surface area contributed by atoms with E-state index in [-0.39, 0.29) is 0 Å². The minimum absolute atomic E-state index is 0.324. The second-order valence-electron chi connectivity index (χ2n) is 3.56. The van der Waals surface area contributed by atoms with E-state index in [2.05, 4.69) is 5.32 Å². The van der Waals surface area contributed by atoms with E-state index < -0.39 is 0 Å². The number of aryl methyl sites for hydroxylation is 1. The number of rotatable bonds is 3. The molecule has 84 valence electrons. The summed E-state index contributed by atoms with van der Waals surface area (Å²) in [4.78, 5) is 1.19. The van der Waals surface area contributed by atoms with Crippen LogP contribution in [0, 0.1) is 6.92 Å². The third-order valence-electron chi connectivity index (χ3n) is 2.29.